The Balaban J connectivity index is 1.43. The first-order valence-corrected chi connectivity index (χ1v) is 14.9. The average Bonchev–Trinajstić information content (AvgIpc) is 3.33. The highest BCUT2D eigenvalue weighted by Crippen LogP contribution is 2.38. The van der Waals surface area contributed by atoms with Gasteiger partial charge in [0.1, 0.15) is 0 Å². The van der Waals surface area contributed by atoms with Crippen LogP contribution >= 0.6 is 11.8 Å². The minimum absolute atomic E-state index is 0.0466. The molecule has 0 radical (unpaired) electrons. The van der Waals surface area contributed by atoms with Gasteiger partial charge in [0.15, 0.2) is 32.4 Å². The second-order valence-electron chi connectivity index (χ2n) is 9.22. The summed E-state index contributed by atoms with van der Waals surface area (Å²) >= 11 is 1.34. The van der Waals surface area contributed by atoms with Crippen molar-refractivity contribution in [3.8, 4) is 5.75 Å². The molecular formula is C27H30N6O4S2. The quantitative estimate of drug-likeness (QED) is 0.278. The van der Waals surface area contributed by atoms with Crippen molar-refractivity contribution in [1.29, 1.82) is 0 Å². The number of benzene rings is 2. The maximum atomic E-state index is 12.9. The van der Waals surface area contributed by atoms with Crippen molar-refractivity contribution in [3.63, 3.8) is 0 Å². The van der Waals surface area contributed by atoms with E-state index in [-0.39, 0.29) is 16.8 Å². The van der Waals surface area contributed by atoms with Crippen LogP contribution in [0, 0.1) is 6.92 Å². The molecule has 0 unspecified atom stereocenters. The number of nitrogens with zero attached hydrogens (tertiary/aromatic N) is 4. The Morgan fingerprint density at radius 3 is 2.59 bits per heavy atom. The molecule has 1 aliphatic rings. The maximum Gasteiger partial charge on any atom is 0.204 e. The normalized spacial score (nSPS) is 15.8. The molecule has 1 aliphatic heterocycles. The zero-order valence-electron chi connectivity index (χ0n) is 21.9. The number of nitrogens with one attached hydrogen (secondary N) is 2. The van der Waals surface area contributed by atoms with Gasteiger partial charge in [-0.25, -0.2) is 18.4 Å². The molecular weight excluding hydrogens is 536 g/mol. The summed E-state index contributed by atoms with van der Waals surface area (Å²) in [7, 11) is -1.88. The summed E-state index contributed by atoms with van der Waals surface area (Å²) in [6.07, 6.45) is 0.0466. The Labute approximate surface area is 232 Å². The molecule has 39 heavy (non-hydrogen) atoms. The van der Waals surface area contributed by atoms with Gasteiger partial charge in [0, 0.05) is 29.7 Å². The Bertz CT molecular complexity index is 1530. The number of ether oxygens (including phenoxy) is 2. The van der Waals surface area contributed by atoms with E-state index < -0.39 is 9.84 Å². The molecule has 1 saturated heterocycles. The summed E-state index contributed by atoms with van der Waals surface area (Å²) in [5.74, 6) is 2.20. The Hall–Kier alpha value is -3.61. The average molecular weight is 567 g/mol. The lowest BCUT2D eigenvalue weighted by Gasteiger charge is -2.33. The SMILES string of the molecule is COc1c(Nc2cc(C)[nH]n2)nc(Sc2ccc(S(=O)(=O)Cc3ccccc3)cc2)nc1N1CCO[C@@H](C)C1. The molecule has 2 N–H and O–H groups in total. The van der Waals surface area contributed by atoms with Gasteiger partial charge in [-0.05, 0) is 55.4 Å². The molecule has 0 aliphatic carbocycles. The summed E-state index contributed by atoms with van der Waals surface area (Å²) in [6.45, 7) is 5.84. The van der Waals surface area contributed by atoms with Crippen molar-refractivity contribution in [1.82, 2.24) is 20.2 Å². The molecule has 5 rings (SSSR count). The van der Waals surface area contributed by atoms with Gasteiger partial charge in [0.25, 0.3) is 0 Å². The van der Waals surface area contributed by atoms with Crippen molar-refractivity contribution < 1.29 is 17.9 Å². The number of aromatic nitrogens is 4. The third kappa shape index (κ3) is 6.52. The molecule has 1 fully saturated rings. The van der Waals surface area contributed by atoms with Crippen molar-refractivity contribution in [2.24, 2.45) is 0 Å². The summed E-state index contributed by atoms with van der Waals surface area (Å²) in [5.41, 5.74) is 1.66. The largest absolute Gasteiger partial charge is 0.490 e. The predicted octanol–water partition coefficient (Wildman–Crippen LogP) is 4.61. The fourth-order valence-corrected chi connectivity index (χ4v) is 6.36. The molecule has 0 amide bonds. The van der Waals surface area contributed by atoms with E-state index in [9.17, 15) is 8.42 Å². The van der Waals surface area contributed by atoms with E-state index in [4.69, 9.17) is 19.4 Å². The molecule has 1 atom stereocenters. The van der Waals surface area contributed by atoms with Crippen LogP contribution < -0.4 is 15.0 Å². The van der Waals surface area contributed by atoms with E-state index in [1.807, 2.05) is 50.2 Å². The number of sulfone groups is 1. The number of aryl methyl sites for hydroxylation is 1. The van der Waals surface area contributed by atoms with Gasteiger partial charge < -0.3 is 19.7 Å². The number of H-pyrrole nitrogens is 1. The van der Waals surface area contributed by atoms with E-state index >= 15 is 0 Å². The summed E-state index contributed by atoms with van der Waals surface area (Å²) in [6, 6.07) is 17.8. The van der Waals surface area contributed by atoms with Gasteiger partial charge in [-0.15, -0.1) is 0 Å². The Morgan fingerprint density at radius 1 is 1.15 bits per heavy atom. The first-order chi connectivity index (χ1) is 18.8. The fourth-order valence-electron chi connectivity index (χ4n) is 4.26. The van der Waals surface area contributed by atoms with Gasteiger partial charge >= 0.3 is 0 Å². The lowest BCUT2D eigenvalue weighted by molar-refractivity contribution is 0.0527. The fraction of sp³-hybridized carbons (Fsp3) is 0.296. The first-order valence-electron chi connectivity index (χ1n) is 12.5. The highest BCUT2D eigenvalue weighted by molar-refractivity contribution is 7.99. The summed E-state index contributed by atoms with van der Waals surface area (Å²) in [5, 5.41) is 10.9. The van der Waals surface area contributed by atoms with Crippen LogP contribution in [0.4, 0.5) is 17.5 Å². The number of morpholine rings is 1. The third-order valence-corrected chi connectivity index (χ3v) is 8.69. The number of anilines is 3. The van der Waals surface area contributed by atoms with Crippen LogP contribution in [0.3, 0.4) is 0 Å². The molecule has 4 aromatic rings. The van der Waals surface area contributed by atoms with Crippen molar-refractivity contribution in [3.05, 3.63) is 71.9 Å². The number of methoxy groups -OCH3 is 1. The van der Waals surface area contributed by atoms with Crippen LogP contribution in [0.5, 0.6) is 5.75 Å². The Kier molecular flexibility index (Phi) is 8.05. The maximum absolute atomic E-state index is 12.9. The van der Waals surface area contributed by atoms with E-state index in [0.717, 1.165) is 16.2 Å². The molecule has 0 spiro atoms. The summed E-state index contributed by atoms with van der Waals surface area (Å²) in [4.78, 5) is 12.8. The smallest absolute Gasteiger partial charge is 0.204 e. The van der Waals surface area contributed by atoms with Gasteiger partial charge in [0.2, 0.25) is 5.75 Å². The van der Waals surface area contributed by atoms with Crippen molar-refractivity contribution in [2.75, 3.05) is 37.0 Å². The van der Waals surface area contributed by atoms with Gasteiger partial charge in [-0.3, -0.25) is 5.10 Å². The van der Waals surface area contributed by atoms with Crippen LogP contribution in [-0.4, -0.2) is 61.5 Å². The molecule has 2 aromatic carbocycles. The predicted molar refractivity (Wildman–Crippen MR) is 151 cm³/mol. The number of hydrogen-bond acceptors (Lipinski definition) is 10. The van der Waals surface area contributed by atoms with Gasteiger partial charge in [-0.1, -0.05) is 30.3 Å². The van der Waals surface area contributed by atoms with E-state index in [0.29, 0.717) is 48.1 Å². The highest BCUT2D eigenvalue weighted by Gasteiger charge is 2.26. The molecule has 12 heteroatoms. The second kappa shape index (κ2) is 11.6. The van der Waals surface area contributed by atoms with Crippen LogP contribution in [0.1, 0.15) is 18.2 Å². The lowest BCUT2D eigenvalue weighted by atomic mass is 10.2. The topological polar surface area (TPSA) is 122 Å². The molecule has 3 heterocycles. The second-order valence-corrected chi connectivity index (χ2v) is 12.2. The molecule has 10 nitrogen and oxygen atoms in total. The third-order valence-electron chi connectivity index (χ3n) is 6.12. The number of rotatable bonds is 9. The van der Waals surface area contributed by atoms with Crippen LogP contribution in [0.15, 0.2) is 75.6 Å². The molecule has 0 saturated carbocycles. The molecule has 204 valence electrons. The van der Waals surface area contributed by atoms with E-state index in [1.54, 1.807) is 31.4 Å². The van der Waals surface area contributed by atoms with Crippen LogP contribution in [0.2, 0.25) is 0 Å². The molecule has 0 bridgehead atoms. The highest BCUT2D eigenvalue weighted by atomic mass is 32.2. The van der Waals surface area contributed by atoms with Crippen molar-refractivity contribution in [2.45, 2.75) is 40.7 Å². The number of aromatic amines is 1. The van der Waals surface area contributed by atoms with E-state index in [1.165, 1.54) is 11.8 Å². The first kappa shape index (κ1) is 27.0. The zero-order chi connectivity index (χ0) is 27.4. The zero-order valence-corrected chi connectivity index (χ0v) is 23.6. The minimum Gasteiger partial charge on any atom is -0.490 e. The van der Waals surface area contributed by atoms with Gasteiger partial charge in [0.05, 0.1) is 30.5 Å². The Morgan fingerprint density at radius 2 is 1.92 bits per heavy atom. The standard InChI is InChI=1S/C27H30N6O4S2/c1-18-15-23(32-31-18)28-25-24(36-3)26(33-13-14-37-19(2)16-33)30-27(29-25)38-21-9-11-22(12-10-21)39(34,35)17-20-7-5-4-6-8-20/h4-12,15,19H,13-14,16-17H2,1-3H3,(H2,28,29,30,31,32)/t19-/m0/s1. The lowest BCUT2D eigenvalue weighted by Crippen LogP contribution is -2.41. The van der Waals surface area contributed by atoms with E-state index in [2.05, 4.69) is 20.4 Å². The van der Waals surface area contributed by atoms with Crippen molar-refractivity contribution >= 4 is 39.1 Å². The monoisotopic (exact) mass is 566 g/mol. The van der Waals surface area contributed by atoms with Crippen LogP contribution in [0.25, 0.3) is 0 Å². The minimum atomic E-state index is -3.47. The van der Waals surface area contributed by atoms with Crippen LogP contribution in [-0.2, 0) is 20.3 Å². The molecule has 2 aromatic heterocycles. The summed E-state index contributed by atoms with van der Waals surface area (Å²) < 4.78 is 37.4. The number of hydrogen-bond donors (Lipinski definition) is 2. The van der Waals surface area contributed by atoms with Gasteiger partial charge in [-0.2, -0.15) is 5.10 Å².